The third kappa shape index (κ3) is 4.71. The van der Waals surface area contributed by atoms with Crippen LogP contribution in [0, 0.1) is 0 Å². The molecule has 0 atom stereocenters. The molecule has 0 radical (unpaired) electrons. The molecule has 8 nitrogen and oxygen atoms in total. The molecule has 0 aliphatic carbocycles. The standard InChI is InChI=1S/C20H26Cl2N6O2/c1-20(2,3)28(9-7-23)18(29)17-13-6-8-27(11-16(13)25-26-17)19(30)24-15-10-12(21)4-5-14(15)22/h4-5,10H,6-9,11,23H2,1-3H3,(H,24,30)(H,25,26). The van der Waals surface area contributed by atoms with Gasteiger partial charge in [0.2, 0.25) is 0 Å². The van der Waals surface area contributed by atoms with Crippen LogP contribution in [0.5, 0.6) is 0 Å². The predicted octanol–water partition coefficient (Wildman–Crippen LogP) is 3.51. The summed E-state index contributed by atoms with van der Waals surface area (Å²) in [4.78, 5) is 29.2. The number of rotatable bonds is 4. The Balaban J connectivity index is 1.75. The van der Waals surface area contributed by atoms with Crippen molar-refractivity contribution in [1.29, 1.82) is 0 Å². The van der Waals surface area contributed by atoms with E-state index in [0.29, 0.717) is 54.0 Å². The van der Waals surface area contributed by atoms with E-state index in [9.17, 15) is 9.59 Å². The number of H-pyrrole nitrogens is 1. The normalized spacial score (nSPS) is 13.7. The number of benzene rings is 1. The Morgan fingerprint density at radius 1 is 1.33 bits per heavy atom. The number of halogens is 2. The molecule has 1 aromatic carbocycles. The van der Waals surface area contributed by atoms with Crippen LogP contribution in [0.4, 0.5) is 10.5 Å². The topological polar surface area (TPSA) is 107 Å². The van der Waals surface area contributed by atoms with Crippen LogP contribution in [0.3, 0.4) is 0 Å². The molecule has 0 saturated heterocycles. The number of amides is 3. The summed E-state index contributed by atoms with van der Waals surface area (Å²) in [5.41, 5.74) is 7.76. The third-order valence-corrected chi connectivity index (χ3v) is 5.57. The highest BCUT2D eigenvalue weighted by atomic mass is 35.5. The fourth-order valence-corrected chi connectivity index (χ4v) is 3.79. The number of aromatic nitrogens is 2. The van der Waals surface area contributed by atoms with Crippen molar-refractivity contribution in [3.8, 4) is 0 Å². The smallest absolute Gasteiger partial charge is 0.322 e. The summed E-state index contributed by atoms with van der Waals surface area (Å²) in [5, 5.41) is 10.9. The molecule has 2 aromatic rings. The van der Waals surface area contributed by atoms with Crippen molar-refractivity contribution >= 4 is 40.8 Å². The van der Waals surface area contributed by atoms with Gasteiger partial charge in [0.1, 0.15) is 0 Å². The van der Waals surface area contributed by atoms with Crippen molar-refractivity contribution in [3.63, 3.8) is 0 Å². The Labute approximate surface area is 185 Å². The first-order chi connectivity index (χ1) is 14.1. The molecular weight excluding hydrogens is 427 g/mol. The number of carbonyl (C=O) groups is 2. The second-order valence-corrected chi connectivity index (χ2v) is 9.02. The number of anilines is 1. The zero-order valence-corrected chi connectivity index (χ0v) is 18.8. The quantitative estimate of drug-likeness (QED) is 0.659. The van der Waals surface area contributed by atoms with Gasteiger partial charge in [0.25, 0.3) is 5.91 Å². The minimum Gasteiger partial charge on any atom is -0.331 e. The Bertz CT molecular complexity index is 953. The molecule has 3 rings (SSSR count). The lowest BCUT2D eigenvalue weighted by molar-refractivity contribution is 0.0584. The van der Waals surface area contributed by atoms with Crippen LogP contribution in [0.15, 0.2) is 18.2 Å². The molecule has 0 saturated carbocycles. The molecular formula is C20H26Cl2N6O2. The molecule has 1 aromatic heterocycles. The van der Waals surface area contributed by atoms with Crippen molar-refractivity contribution in [1.82, 2.24) is 20.0 Å². The van der Waals surface area contributed by atoms with Gasteiger partial charge in [0.15, 0.2) is 5.69 Å². The molecule has 0 spiro atoms. The van der Waals surface area contributed by atoms with Crippen molar-refractivity contribution in [2.45, 2.75) is 39.3 Å². The van der Waals surface area contributed by atoms with Gasteiger partial charge < -0.3 is 20.9 Å². The van der Waals surface area contributed by atoms with Crippen LogP contribution in [0.1, 0.15) is 42.5 Å². The number of nitrogens with one attached hydrogen (secondary N) is 2. The van der Waals surface area contributed by atoms with Crippen LogP contribution in [0.2, 0.25) is 10.0 Å². The monoisotopic (exact) mass is 452 g/mol. The highest BCUT2D eigenvalue weighted by Crippen LogP contribution is 2.27. The summed E-state index contributed by atoms with van der Waals surface area (Å²) in [7, 11) is 0. The number of fused-ring (bicyclic) bond motifs is 1. The maximum atomic E-state index is 13.1. The molecule has 4 N–H and O–H groups in total. The number of nitrogens with two attached hydrogens (primary N) is 1. The second-order valence-electron chi connectivity index (χ2n) is 8.17. The lowest BCUT2D eigenvalue weighted by atomic mass is 10.0. The zero-order valence-electron chi connectivity index (χ0n) is 17.3. The Morgan fingerprint density at radius 3 is 2.73 bits per heavy atom. The third-order valence-electron chi connectivity index (χ3n) is 5.00. The average molecular weight is 453 g/mol. The molecule has 162 valence electrons. The van der Waals surface area contributed by atoms with E-state index in [-0.39, 0.29) is 17.5 Å². The summed E-state index contributed by atoms with van der Waals surface area (Å²) >= 11 is 12.1. The van der Waals surface area contributed by atoms with Crippen LogP contribution in [-0.4, -0.2) is 57.1 Å². The predicted molar refractivity (Wildman–Crippen MR) is 118 cm³/mol. The van der Waals surface area contributed by atoms with Crippen molar-refractivity contribution < 1.29 is 9.59 Å². The lowest BCUT2D eigenvalue weighted by Gasteiger charge is -2.35. The Hall–Kier alpha value is -2.29. The number of urea groups is 1. The molecule has 3 amide bonds. The molecule has 30 heavy (non-hydrogen) atoms. The van der Waals surface area contributed by atoms with Crippen molar-refractivity contribution in [2.24, 2.45) is 5.73 Å². The van der Waals surface area contributed by atoms with E-state index in [4.69, 9.17) is 28.9 Å². The number of nitrogens with zero attached hydrogens (tertiary/aromatic N) is 3. The highest BCUT2D eigenvalue weighted by Gasteiger charge is 2.33. The number of hydrogen-bond donors (Lipinski definition) is 3. The number of hydrogen-bond acceptors (Lipinski definition) is 4. The van der Waals surface area contributed by atoms with Gasteiger partial charge in [-0.05, 0) is 45.4 Å². The second kappa shape index (κ2) is 8.83. The first kappa shape index (κ1) is 22.4. The summed E-state index contributed by atoms with van der Waals surface area (Å²) in [6, 6.07) is 4.58. The molecule has 2 heterocycles. The highest BCUT2D eigenvalue weighted by molar-refractivity contribution is 6.35. The Morgan fingerprint density at radius 2 is 2.07 bits per heavy atom. The van der Waals surface area contributed by atoms with Gasteiger partial charge in [-0.25, -0.2) is 4.79 Å². The summed E-state index contributed by atoms with van der Waals surface area (Å²) in [6.07, 6.45) is 0.518. The van der Waals surface area contributed by atoms with Gasteiger partial charge in [-0.3, -0.25) is 9.89 Å². The summed E-state index contributed by atoms with van der Waals surface area (Å²) in [5.74, 6) is -0.158. The largest absolute Gasteiger partial charge is 0.331 e. The van der Waals surface area contributed by atoms with E-state index >= 15 is 0 Å². The summed E-state index contributed by atoms with van der Waals surface area (Å²) in [6.45, 7) is 7.47. The minimum absolute atomic E-state index is 0.158. The molecule has 1 aliphatic rings. The maximum Gasteiger partial charge on any atom is 0.322 e. The van der Waals surface area contributed by atoms with Crippen LogP contribution in [-0.2, 0) is 13.0 Å². The fraction of sp³-hybridized carbons (Fsp3) is 0.450. The number of aromatic amines is 1. The SMILES string of the molecule is CC(C)(C)N(CCN)C(=O)c1n[nH]c2c1CCN(C(=O)Nc1cc(Cl)ccc1Cl)C2. The maximum absolute atomic E-state index is 13.1. The zero-order chi connectivity index (χ0) is 22.1. The molecule has 0 fully saturated rings. The minimum atomic E-state index is -0.376. The first-order valence-electron chi connectivity index (χ1n) is 9.71. The van der Waals surface area contributed by atoms with Gasteiger partial charge in [-0.2, -0.15) is 5.10 Å². The van der Waals surface area contributed by atoms with E-state index in [2.05, 4.69) is 15.5 Å². The van der Waals surface area contributed by atoms with Crippen molar-refractivity contribution in [3.05, 3.63) is 45.2 Å². The van der Waals surface area contributed by atoms with Gasteiger partial charge in [0.05, 0.1) is 22.9 Å². The van der Waals surface area contributed by atoms with Gasteiger partial charge in [0, 0.05) is 35.8 Å². The van der Waals surface area contributed by atoms with Crippen LogP contribution in [0.25, 0.3) is 0 Å². The molecule has 1 aliphatic heterocycles. The molecule has 0 unspecified atom stereocenters. The first-order valence-corrected chi connectivity index (χ1v) is 10.5. The molecule has 0 bridgehead atoms. The fourth-order valence-electron chi connectivity index (χ4n) is 3.45. The van der Waals surface area contributed by atoms with E-state index < -0.39 is 0 Å². The van der Waals surface area contributed by atoms with E-state index in [1.165, 1.54) is 0 Å². The van der Waals surface area contributed by atoms with Crippen LogP contribution >= 0.6 is 23.2 Å². The van der Waals surface area contributed by atoms with Gasteiger partial charge in [-0.15, -0.1) is 0 Å². The van der Waals surface area contributed by atoms with Gasteiger partial charge >= 0.3 is 6.03 Å². The van der Waals surface area contributed by atoms with E-state index in [1.807, 2.05) is 20.8 Å². The molecule has 10 heteroatoms. The summed E-state index contributed by atoms with van der Waals surface area (Å²) < 4.78 is 0. The number of carbonyl (C=O) groups excluding carboxylic acids is 2. The van der Waals surface area contributed by atoms with Gasteiger partial charge in [-0.1, -0.05) is 23.2 Å². The average Bonchev–Trinajstić information content (AvgIpc) is 3.10. The van der Waals surface area contributed by atoms with Crippen molar-refractivity contribution in [2.75, 3.05) is 25.0 Å². The van der Waals surface area contributed by atoms with Crippen LogP contribution < -0.4 is 11.1 Å². The van der Waals surface area contributed by atoms with E-state index in [0.717, 1.165) is 11.3 Å². The lowest BCUT2D eigenvalue weighted by Crippen LogP contribution is -2.48. The Kier molecular flexibility index (Phi) is 6.59. The van der Waals surface area contributed by atoms with E-state index in [1.54, 1.807) is 28.0 Å².